The van der Waals surface area contributed by atoms with Gasteiger partial charge in [-0.15, -0.1) is 0 Å². The topological polar surface area (TPSA) is 97.5 Å². The Labute approximate surface area is 150 Å². The smallest absolute Gasteiger partial charge is 0.226 e. The standard InChI is InChI=1S/C19H19N3O4/c1-25-16-10-8-13(9-11-16)19-21-18(26-22-19)7-3-6-17(24)20-14-4-2-5-15(23)12-14/h2,4-5,8-12,23H,3,6-7H2,1H3,(H,20,24). The number of carbonyl (C=O) groups excluding carboxylic acids is 1. The van der Waals surface area contributed by atoms with Crippen LogP contribution in [0.3, 0.4) is 0 Å². The zero-order valence-corrected chi connectivity index (χ0v) is 14.3. The molecule has 3 aromatic rings. The Hall–Kier alpha value is -3.35. The zero-order chi connectivity index (χ0) is 18.4. The van der Waals surface area contributed by atoms with Gasteiger partial charge in [-0.25, -0.2) is 0 Å². The first kappa shape index (κ1) is 17.5. The largest absolute Gasteiger partial charge is 0.508 e. The third kappa shape index (κ3) is 4.60. The number of nitrogens with zero attached hydrogens (tertiary/aromatic N) is 2. The molecule has 2 aromatic carbocycles. The van der Waals surface area contributed by atoms with Crippen molar-refractivity contribution in [3.05, 3.63) is 54.4 Å². The molecule has 7 nitrogen and oxygen atoms in total. The Morgan fingerprint density at radius 1 is 1.23 bits per heavy atom. The van der Waals surface area contributed by atoms with Gasteiger partial charge in [-0.1, -0.05) is 11.2 Å². The molecule has 7 heteroatoms. The SMILES string of the molecule is COc1ccc(-c2noc(CCCC(=O)Nc3cccc(O)c3)n2)cc1. The number of anilines is 1. The molecule has 0 spiro atoms. The number of hydrogen-bond acceptors (Lipinski definition) is 6. The molecule has 3 rings (SSSR count). The molecule has 0 fully saturated rings. The molecule has 134 valence electrons. The number of benzene rings is 2. The highest BCUT2D eigenvalue weighted by Crippen LogP contribution is 2.20. The van der Waals surface area contributed by atoms with E-state index in [1.165, 1.54) is 6.07 Å². The first-order chi connectivity index (χ1) is 12.6. The van der Waals surface area contributed by atoms with Gasteiger partial charge in [-0.3, -0.25) is 4.79 Å². The Morgan fingerprint density at radius 2 is 2.04 bits per heavy atom. The van der Waals surface area contributed by atoms with Gasteiger partial charge in [0.05, 0.1) is 7.11 Å². The summed E-state index contributed by atoms with van der Waals surface area (Å²) < 4.78 is 10.4. The average Bonchev–Trinajstić information content (AvgIpc) is 3.11. The quantitative estimate of drug-likeness (QED) is 0.675. The van der Waals surface area contributed by atoms with Crippen molar-refractivity contribution in [2.24, 2.45) is 0 Å². The molecule has 0 aliphatic carbocycles. The average molecular weight is 353 g/mol. The highest BCUT2D eigenvalue weighted by Gasteiger charge is 2.10. The number of phenolic OH excluding ortho intramolecular Hbond substituents is 1. The van der Waals surface area contributed by atoms with Crippen molar-refractivity contribution >= 4 is 11.6 Å². The number of methoxy groups -OCH3 is 1. The Bertz CT molecular complexity index is 875. The number of phenols is 1. The van der Waals surface area contributed by atoms with Gasteiger partial charge in [0, 0.05) is 30.2 Å². The number of ether oxygens (including phenoxy) is 1. The van der Waals surface area contributed by atoms with Crippen LogP contribution in [-0.4, -0.2) is 28.3 Å². The van der Waals surface area contributed by atoms with Crippen LogP contribution in [0, 0.1) is 0 Å². The first-order valence-corrected chi connectivity index (χ1v) is 8.20. The van der Waals surface area contributed by atoms with Gasteiger partial charge in [-0.2, -0.15) is 4.98 Å². The van der Waals surface area contributed by atoms with Gasteiger partial charge in [-0.05, 0) is 42.8 Å². The summed E-state index contributed by atoms with van der Waals surface area (Å²) in [6.07, 6.45) is 1.40. The lowest BCUT2D eigenvalue weighted by atomic mass is 10.2. The molecule has 0 aliphatic heterocycles. The first-order valence-electron chi connectivity index (χ1n) is 8.20. The van der Waals surface area contributed by atoms with Crippen LogP contribution in [0.25, 0.3) is 11.4 Å². The van der Waals surface area contributed by atoms with Gasteiger partial charge in [0.25, 0.3) is 0 Å². The lowest BCUT2D eigenvalue weighted by Crippen LogP contribution is -2.11. The minimum atomic E-state index is -0.134. The molecule has 26 heavy (non-hydrogen) atoms. The maximum atomic E-state index is 11.9. The summed E-state index contributed by atoms with van der Waals surface area (Å²) in [5.74, 6) is 1.73. The molecule has 1 heterocycles. The summed E-state index contributed by atoms with van der Waals surface area (Å²) >= 11 is 0. The number of aryl methyl sites for hydroxylation is 1. The number of carbonyl (C=O) groups is 1. The maximum absolute atomic E-state index is 11.9. The van der Waals surface area contributed by atoms with Crippen LogP contribution in [0.15, 0.2) is 53.1 Å². The van der Waals surface area contributed by atoms with Crippen molar-refractivity contribution < 1.29 is 19.2 Å². The summed E-state index contributed by atoms with van der Waals surface area (Å²) in [4.78, 5) is 16.3. The maximum Gasteiger partial charge on any atom is 0.226 e. The highest BCUT2D eigenvalue weighted by molar-refractivity contribution is 5.90. The summed E-state index contributed by atoms with van der Waals surface area (Å²) in [7, 11) is 1.61. The fourth-order valence-electron chi connectivity index (χ4n) is 2.42. The van der Waals surface area contributed by atoms with Crippen LogP contribution >= 0.6 is 0 Å². The van der Waals surface area contributed by atoms with Gasteiger partial charge in [0.2, 0.25) is 17.6 Å². The fourth-order valence-corrected chi connectivity index (χ4v) is 2.42. The van der Waals surface area contributed by atoms with Gasteiger partial charge in [0.15, 0.2) is 0 Å². The predicted octanol–water partition coefficient (Wildman–Crippen LogP) is 3.41. The number of amides is 1. The van der Waals surface area contributed by atoms with Gasteiger partial charge >= 0.3 is 0 Å². The molecule has 1 amide bonds. The van der Waals surface area contributed by atoms with Gasteiger partial charge < -0.3 is 19.7 Å². The summed E-state index contributed by atoms with van der Waals surface area (Å²) in [6, 6.07) is 13.8. The van der Waals surface area contributed by atoms with E-state index < -0.39 is 0 Å². The third-order valence-electron chi connectivity index (χ3n) is 3.74. The molecule has 0 saturated carbocycles. The number of aromatic nitrogens is 2. The van der Waals surface area contributed by atoms with Crippen molar-refractivity contribution in [3.8, 4) is 22.9 Å². The van der Waals surface area contributed by atoms with Crippen LogP contribution < -0.4 is 10.1 Å². The number of hydrogen-bond donors (Lipinski definition) is 2. The predicted molar refractivity (Wildman–Crippen MR) is 96.0 cm³/mol. The number of rotatable bonds is 7. The van der Waals surface area contributed by atoms with E-state index in [1.807, 2.05) is 24.3 Å². The van der Waals surface area contributed by atoms with E-state index in [9.17, 15) is 9.90 Å². The Kier molecular flexibility index (Phi) is 5.48. The molecule has 0 atom stereocenters. The van der Waals surface area contributed by atoms with Crippen molar-refractivity contribution in [1.29, 1.82) is 0 Å². The molecule has 1 aromatic heterocycles. The lowest BCUT2D eigenvalue weighted by Gasteiger charge is -2.04. The van der Waals surface area contributed by atoms with Gasteiger partial charge in [0.1, 0.15) is 11.5 Å². The summed E-state index contributed by atoms with van der Waals surface area (Å²) in [5, 5.41) is 16.1. The van der Waals surface area contributed by atoms with E-state index in [2.05, 4.69) is 15.5 Å². The van der Waals surface area contributed by atoms with Crippen molar-refractivity contribution in [2.45, 2.75) is 19.3 Å². The molecule has 0 unspecified atom stereocenters. The lowest BCUT2D eigenvalue weighted by molar-refractivity contribution is -0.116. The normalized spacial score (nSPS) is 10.5. The van der Waals surface area contributed by atoms with Crippen molar-refractivity contribution in [2.75, 3.05) is 12.4 Å². The molecule has 0 radical (unpaired) electrons. The summed E-state index contributed by atoms with van der Waals surface area (Å²) in [6.45, 7) is 0. The molecular formula is C19H19N3O4. The van der Waals surface area contributed by atoms with Crippen molar-refractivity contribution in [1.82, 2.24) is 10.1 Å². The Morgan fingerprint density at radius 3 is 2.77 bits per heavy atom. The van der Waals surface area contributed by atoms with Crippen LogP contribution in [0.2, 0.25) is 0 Å². The molecular weight excluding hydrogens is 334 g/mol. The van der Waals surface area contributed by atoms with E-state index in [-0.39, 0.29) is 11.7 Å². The number of aromatic hydroxyl groups is 1. The van der Waals surface area contributed by atoms with E-state index in [1.54, 1.807) is 25.3 Å². The molecule has 0 bridgehead atoms. The third-order valence-corrected chi connectivity index (χ3v) is 3.74. The minimum absolute atomic E-state index is 0.111. The van der Waals surface area contributed by atoms with Crippen LogP contribution in [0.4, 0.5) is 5.69 Å². The summed E-state index contributed by atoms with van der Waals surface area (Å²) in [5.41, 5.74) is 1.40. The minimum Gasteiger partial charge on any atom is -0.508 e. The molecule has 0 saturated heterocycles. The van der Waals surface area contributed by atoms with Crippen LogP contribution in [0.5, 0.6) is 11.5 Å². The van der Waals surface area contributed by atoms with Crippen molar-refractivity contribution in [3.63, 3.8) is 0 Å². The Balaban J connectivity index is 1.49. The monoisotopic (exact) mass is 353 g/mol. The highest BCUT2D eigenvalue weighted by atomic mass is 16.5. The fraction of sp³-hybridized carbons (Fsp3) is 0.211. The second kappa shape index (κ2) is 8.15. The molecule has 2 N–H and O–H groups in total. The number of nitrogens with one attached hydrogen (secondary N) is 1. The van der Waals surface area contributed by atoms with Crippen LogP contribution in [-0.2, 0) is 11.2 Å². The molecule has 0 aliphatic rings. The van der Waals surface area contributed by atoms with E-state index in [4.69, 9.17) is 9.26 Å². The second-order valence-electron chi connectivity index (χ2n) is 5.69. The van der Waals surface area contributed by atoms with E-state index in [0.29, 0.717) is 36.7 Å². The van der Waals surface area contributed by atoms with E-state index >= 15 is 0 Å². The zero-order valence-electron chi connectivity index (χ0n) is 14.3. The second-order valence-corrected chi connectivity index (χ2v) is 5.69. The van der Waals surface area contributed by atoms with E-state index in [0.717, 1.165) is 11.3 Å². The van der Waals surface area contributed by atoms with Crippen LogP contribution in [0.1, 0.15) is 18.7 Å².